The number of hydrogen-bond acceptors (Lipinski definition) is 4. The van der Waals surface area contributed by atoms with Crippen LogP contribution in [0.2, 0.25) is 0 Å². The van der Waals surface area contributed by atoms with Crippen molar-refractivity contribution in [2.24, 2.45) is 0 Å². The molecule has 0 bridgehead atoms. The van der Waals surface area contributed by atoms with Crippen LogP contribution in [0.1, 0.15) is 18.9 Å². The Morgan fingerprint density at radius 3 is 2.70 bits per heavy atom. The summed E-state index contributed by atoms with van der Waals surface area (Å²) < 4.78 is 0. The lowest BCUT2D eigenvalue weighted by molar-refractivity contribution is -0.121. The van der Waals surface area contributed by atoms with Crippen molar-refractivity contribution in [3.63, 3.8) is 0 Å². The lowest BCUT2D eigenvalue weighted by Crippen LogP contribution is -2.34. The third-order valence-corrected chi connectivity index (χ3v) is 3.96. The lowest BCUT2D eigenvalue weighted by atomic mass is 10.1. The molecule has 1 unspecified atom stereocenters. The third-order valence-electron chi connectivity index (χ3n) is 3.96. The van der Waals surface area contributed by atoms with Crippen molar-refractivity contribution in [3.8, 4) is 5.75 Å². The molecule has 1 heterocycles. The van der Waals surface area contributed by atoms with Gasteiger partial charge in [-0.05, 0) is 30.2 Å². The maximum absolute atomic E-state index is 12.6. The van der Waals surface area contributed by atoms with Crippen molar-refractivity contribution >= 4 is 23.2 Å². The average Bonchev–Trinajstić information content (AvgIpc) is 2.82. The molecule has 1 aliphatic rings. The fraction of sp³-hybridized carbons (Fsp3) is 0.222. The highest BCUT2D eigenvalue weighted by molar-refractivity contribution is 6.23. The minimum Gasteiger partial charge on any atom is -0.508 e. The highest BCUT2D eigenvalue weighted by atomic mass is 16.3. The van der Waals surface area contributed by atoms with Crippen LogP contribution < -0.4 is 10.2 Å². The number of carbonyl (C=O) groups excluding carboxylic acids is 2. The summed E-state index contributed by atoms with van der Waals surface area (Å²) in [7, 11) is 0. The van der Waals surface area contributed by atoms with Crippen LogP contribution >= 0.6 is 0 Å². The Kier molecular flexibility index (Phi) is 4.02. The molecule has 5 heteroatoms. The van der Waals surface area contributed by atoms with Crippen LogP contribution in [-0.4, -0.2) is 23.0 Å². The molecule has 1 atom stereocenters. The van der Waals surface area contributed by atoms with Crippen molar-refractivity contribution in [2.75, 3.05) is 10.2 Å². The molecule has 1 aliphatic heterocycles. The average molecular weight is 310 g/mol. The van der Waals surface area contributed by atoms with Gasteiger partial charge in [0, 0.05) is 11.8 Å². The van der Waals surface area contributed by atoms with Gasteiger partial charge in [-0.25, -0.2) is 4.90 Å². The van der Waals surface area contributed by atoms with Gasteiger partial charge < -0.3 is 10.4 Å². The van der Waals surface area contributed by atoms with E-state index in [0.717, 1.165) is 22.6 Å². The number of aromatic hydroxyl groups is 1. The van der Waals surface area contributed by atoms with Crippen LogP contribution in [0.15, 0.2) is 48.5 Å². The minimum absolute atomic E-state index is 0.0239. The smallest absolute Gasteiger partial charge is 0.256 e. The summed E-state index contributed by atoms with van der Waals surface area (Å²) in [5, 5.41) is 12.7. The number of nitrogens with zero attached hydrogens (tertiary/aromatic N) is 1. The van der Waals surface area contributed by atoms with Gasteiger partial charge in [0.25, 0.3) is 5.91 Å². The summed E-state index contributed by atoms with van der Waals surface area (Å²) in [5.74, 6) is -0.547. The normalized spacial score (nSPS) is 17.6. The number of nitrogens with one attached hydrogen (secondary N) is 1. The quantitative estimate of drug-likeness (QED) is 0.852. The first-order valence-electron chi connectivity index (χ1n) is 7.60. The number of benzene rings is 2. The first-order valence-corrected chi connectivity index (χ1v) is 7.60. The Balaban J connectivity index is 1.84. The van der Waals surface area contributed by atoms with Gasteiger partial charge in [-0.3, -0.25) is 9.59 Å². The number of anilines is 2. The molecular weight excluding hydrogens is 292 g/mol. The van der Waals surface area contributed by atoms with E-state index >= 15 is 0 Å². The number of amides is 2. The minimum atomic E-state index is -0.586. The van der Waals surface area contributed by atoms with Crippen LogP contribution in [0.25, 0.3) is 0 Å². The maximum Gasteiger partial charge on any atom is 0.256 e. The molecule has 5 nitrogen and oxygen atoms in total. The number of rotatable bonds is 4. The number of phenols is 1. The SMILES string of the molecule is CCc1ccccc1NC1CC(=O)N(c2cccc(O)c2)C1=O. The number of carbonyl (C=O) groups is 2. The Morgan fingerprint density at radius 1 is 1.17 bits per heavy atom. The molecule has 118 valence electrons. The van der Waals surface area contributed by atoms with Gasteiger partial charge in [0.1, 0.15) is 11.8 Å². The van der Waals surface area contributed by atoms with E-state index in [1.165, 1.54) is 12.1 Å². The predicted octanol–water partition coefficient (Wildman–Crippen LogP) is 2.70. The summed E-state index contributed by atoms with van der Waals surface area (Å²) in [4.78, 5) is 26.0. The van der Waals surface area contributed by atoms with Crippen LogP contribution in [0.4, 0.5) is 11.4 Å². The Morgan fingerprint density at radius 2 is 1.96 bits per heavy atom. The number of para-hydroxylation sites is 1. The molecular formula is C18H18N2O3. The summed E-state index contributed by atoms with van der Waals surface area (Å²) in [5.41, 5.74) is 2.37. The third kappa shape index (κ3) is 2.90. The van der Waals surface area contributed by atoms with Crippen molar-refractivity contribution in [3.05, 3.63) is 54.1 Å². The number of imide groups is 1. The largest absolute Gasteiger partial charge is 0.508 e. The Hall–Kier alpha value is -2.82. The molecule has 2 amide bonds. The molecule has 2 aromatic rings. The molecule has 1 fully saturated rings. The van der Waals surface area contributed by atoms with Gasteiger partial charge in [-0.15, -0.1) is 0 Å². The number of phenolic OH excluding ortho intramolecular Hbond substituents is 1. The second-order valence-corrected chi connectivity index (χ2v) is 5.50. The van der Waals surface area contributed by atoms with Crippen molar-refractivity contribution in [1.29, 1.82) is 0 Å². The van der Waals surface area contributed by atoms with E-state index in [1.54, 1.807) is 12.1 Å². The molecule has 0 aromatic heterocycles. The first kappa shape index (κ1) is 15.1. The van der Waals surface area contributed by atoms with Crippen LogP contribution in [0.5, 0.6) is 5.75 Å². The van der Waals surface area contributed by atoms with E-state index < -0.39 is 6.04 Å². The monoisotopic (exact) mass is 310 g/mol. The number of aryl methyl sites for hydroxylation is 1. The molecule has 23 heavy (non-hydrogen) atoms. The van der Waals surface area contributed by atoms with E-state index in [2.05, 4.69) is 5.32 Å². The van der Waals surface area contributed by atoms with Gasteiger partial charge >= 0.3 is 0 Å². The van der Waals surface area contributed by atoms with Gasteiger partial charge in [0.2, 0.25) is 5.91 Å². The van der Waals surface area contributed by atoms with Crippen LogP contribution in [0, 0.1) is 0 Å². The second-order valence-electron chi connectivity index (χ2n) is 5.50. The Labute approximate surface area is 134 Å². The van der Waals surface area contributed by atoms with Gasteiger partial charge in [0.15, 0.2) is 0 Å². The summed E-state index contributed by atoms with van der Waals surface area (Å²) in [6, 6.07) is 13.3. The van der Waals surface area contributed by atoms with E-state index in [9.17, 15) is 14.7 Å². The molecule has 0 spiro atoms. The summed E-state index contributed by atoms with van der Waals surface area (Å²) in [6.45, 7) is 2.04. The zero-order valence-electron chi connectivity index (χ0n) is 12.8. The fourth-order valence-electron chi connectivity index (χ4n) is 2.81. The van der Waals surface area contributed by atoms with E-state index in [4.69, 9.17) is 0 Å². The Bertz CT molecular complexity index is 757. The highest BCUT2D eigenvalue weighted by Gasteiger charge is 2.39. The van der Waals surface area contributed by atoms with Gasteiger partial charge in [-0.2, -0.15) is 0 Å². The lowest BCUT2D eigenvalue weighted by Gasteiger charge is -2.17. The predicted molar refractivity (Wildman–Crippen MR) is 88.4 cm³/mol. The molecule has 0 radical (unpaired) electrons. The zero-order chi connectivity index (χ0) is 16.4. The maximum atomic E-state index is 12.6. The van der Waals surface area contributed by atoms with Crippen LogP contribution in [0.3, 0.4) is 0 Å². The summed E-state index contributed by atoms with van der Waals surface area (Å²) >= 11 is 0. The standard InChI is InChI=1S/C18H18N2O3/c1-2-12-6-3-4-9-15(12)19-16-11-17(22)20(18(16)23)13-7-5-8-14(21)10-13/h3-10,16,19,21H,2,11H2,1H3. The zero-order valence-corrected chi connectivity index (χ0v) is 12.8. The molecule has 3 rings (SSSR count). The van der Waals surface area contributed by atoms with E-state index in [1.807, 2.05) is 31.2 Å². The molecule has 0 aliphatic carbocycles. The van der Waals surface area contributed by atoms with Crippen LogP contribution in [-0.2, 0) is 16.0 Å². The summed E-state index contributed by atoms with van der Waals surface area (Å²) in [6.07, 6.45) is 0.945. The second kappa shape index (κ2) is 6.12. The van der Waals surface area contributed by atoms with Crippen molar-refractivity contribution in [1.82, 2.24) is 0 Å². The molecule has 2 aromatic carbocycles. The van der Waals surface area contributed by atoms with Gasteiger partial charge in [0.05, 0.1) is 12.1 Å². The molecule has 1 saturated heterocycles. The molecule has 2 N–H and O–H groups in total. The topological polar surface area (TPSA) is 69.6 Å². The van der Waals surface area contributed by atoms with E-state index in [-0.39, 0.29) is 24.0 Å². The number of hydrogen-bond donors (Lipinski definition) is 2. The van der Waals surface area contributed by atoms with E-state index in [0.29, 0.717) is 5.69 Å². The highest BCUT2D eigenvalue weighted by Crippen LogP contribution is 2.28. The first-order chi connectivity index (χ1) is 11.1. The fourth-order valence-corrected chi connectivity index (χ4v) is 2.81. The van der Waals surface area contributed by atoms with Gasteiger partial charge in [-0.1, -0.05) is 31.2 Å². The molecule has 0 saturated carbocycles. The van der Waals surface area contributed by atoms with Crippen molar-refractivity contribution in [2.45, 2.75) is 25.8 Å². The van der Waals surface area contributed by atoms with Crippen molar-refractivity contribution < 1.29 is 14.7 Å².